The topological polar surface area (TPSA) is 29.5 Å². The summed E-state index contributed by atoms with van der Waals surface area (Å²) >= 11 is 0. The average Bonchev–Trinajstić information content (AvgIpc) is 2.04. The van der Waals surface area contributed by atoms with Gasteiger partial charge in [0.2, 0.25) is 0 Å². The highest BCUT2D eigenvalue weighted by molar-refractivity contribution is 4.86. The smallest absolute Gasteiger partial charge is 0.0571 e. The van der Waals surface area contributed by atoms with Gasteiger partial charge >= 0.3 is 0 Å². The molecule has 11 heavy (non-hydrogen) atoms. The Balaban J connectivity index is 1.83. The van der Waals surface area contributed by atoms with Crippen LogP contribution in [0.4, 0.5) is 0 Å². The molecule has 1 aliphatic carbocycles. The molecule has 0 amide bonds. The lowest BCUT2D eigenvalue weighted by Gasteiger charge is -2.40. The Bertz CT molecular complexity index is 130. The molecule has 2 rings (SSSR count). The summed E-state index contributed by atoms with van der Waals surface area (Å²) in [6.07, 6.45) is 4.62. The van der Waals surface area contributed by atoms with Gasteiger partial charge in [0.25, 0.3) is 0 Å². The van der Waals surface area contributed by atoms with Gasteiger partial charge in [-0.15, -0.1) is 0 Å². The molecular formula is C9H16O2. The van der Waals surface area contributed by atoms with Gasteiger partial charge in [-0.2, -0.15) is 0 Å². The van der Waals surface area contributed by atoms with Gasteiger partial charge in [0.05, 0.1) is 6.10 Å². The molecule has 2 nitrogen and oxygen atoms in total. The van der Waals surface area contributed by atoms with Crippen LogP contribution in [0.25, 0.3) is 0 Å². The summed E-state index contributed by atoms with van der Waals surface area (Å²) in [6, 6.07) is 0. The summed E-state index contributed by atoms with van der Waals surface area (Å²) < 4.78 is 5.27. The van der Waals surface area contributed by atoms with Crippen molar-refractivity contribution in [3.05, 3.63) is 0 Å². The largest absolute Gasteiger partial charge is 0.393 e. The van der Waals surface area contributed by atoms with Crippen LogP contribution in [0.2, 0.25) is 0 Å². The molecule has 0 bridgehead atoms. The van der Waals surface area contributed by atoms with Crippen molar-refractivity contribution >= 4 is 0 Å². The maximum absolute atomic E-state index is 9.42. The van der Waals surface area contributed by atoms with Crippen LogP contribution in [0.3, 0.4) is 0 Å². The summed E-state index contributed by atoms with van der Waals surface area (Å²) in [5.41, 5.74) is 0. The fraction of sp³-hybridized carbons (Fsp3) is 1.00. The maximum atomic E-state index is 9.42. The van der Waals surface area contributed by atoms with Crippen molar-refractivity contribution in [2.75, 3.05) is 13.2 Å². The van der Waals surface area contributed by atoms with Crippen LogP contribution in [0, 0.1) is 11.8 Å². The van der Waals surface area contributed by atoms with E-state index in [9.17, 15) is 5.11 Å². The molecule has 2 aliphatic rings. The van der Waals surface area contributed by atoms with Gasteiger partial charge in [0.1, 0.15) is 0 Å². The molecular weight excluding hydrogens is 140 g/mol. The van der Waals surface area contributed by atoms with E-state index in [2.05, 4.69) is 0 Å². The fourth-order valence-corrected chi connectivity index (χ4v) is 2.20. The quantitative estimate of drug-likeness (QED) is 0.618. The van der Waals surface area contributed by atoms with E-state index >= 15 is 0 Å². The molecule has 1 N–H and O–H groups in total. The van der Waals surface area contributed by atoms with Crippen molar-refractivity contribution in [3.8, 4) is 0 Å². The molecule has 0 aromatic heterocycles. The second-order valence-corrected chi connectivity index (χ2v) is 3.76. The van der Waals surface area contributed by atoms with E-state index in [4.69, 9.17) is 4.74 Å². The molecule has 2 fully saturated rings. The van der Waals surface area contributed by atoms with Crippen LogP contribution in [0.1, 0.15) is 25.7 Å². The molecule has 1 saturated heterocycles. The first-order valence-corrected chi connectivity index (χ1v) is 4.64. The molecule has 1 heterocycles. The second-order valence-electron chi connectivity index (χ2n) is 3.76. The minimum absolute atomic E-state index is 0.0121. The summed E-state index contributed by atoms with van der Waals surface area (Å²) in [7, 11) is 0. The number of aliphatic hydroxyl groups excluding tert-OH is 1. The van der Waals surface area contributed by atoms with Gasteiger partial charge in [-0.3, -0.25) is 0 Å². The molecule has 2 heteroatoms. The SMILES string of the molecule is OC1CCC1C1CCOCC1. The molecule has 2 atom stereocenters. The van der Waals surface area contributed by atoms with E-state index in [1.54, 1.807) is 0 Å². The fourth-order valence-electron chi connectivity index (χ4n) is 2.20. The van der Waals surface area contributed by atoms with Crippen LogP contribution >= 0.6 is 0 Å². The molecule has 0 aromatic carbocycles. The molecule has 2 unspecified atom stereocenters. The van der Waals surface area contributed by atoms with E-state index in [0.717, 1.165) is 25.6 Å². The van der Waals surface area contributed by atoms with Crippen molar-refractivity contribution in [2.24, 2.45) is 11.8 Å². The van der Waals surface area contributed by atoms with Crippen molar-refractivity contribution in [2.45, 2.75) is 31.8 Å². The van der Waals surface area contributed by atoms with Crippen molar-refractivity contribution < 1.29 is 9.84 Å². The lowest BCUT2D eigenvalue weighted by Crippen LogP contribution is -2.39. The predicted molar refractivity (Wildman–Crippen MR) is 42.3 cm³/mol. The maximum Gasteiger partial charge on any atom is 0.0571 e. The zero-order valence-corrected chi connectivity index (χ0v) is 6.83. The lowest BCUT2D eigenvalue weighted by atomic mass is 9.71. The number of hydrogen-bond acceptors (Lipinski definition) is 2. The second kappa shape index (κ2) is 3.11. The van der Waals surface area contributed by atoms with E-state index in [1.807, 2.05) is 0 Å². The van der Waals surface area contributed by atoms with Gasteiger partial charge in [0, 0.05) is 13.2 Å². The summed E-state index contributed by atoms with van der Waals surface area (Å²) in [5, 5.41) is 9.42. The molecule has 1 aliphatic heterocycles. The Labute approximate surface area is 67.6 Å². The van der Waals surface area contributed by atoms with Gasteiger partial charge < -0.3 is 9.84 Å². The first-order valence-electron chi connectivity index (χ1n) is 4.64. The van der Waals surface area contributed by atoms with Gasteiger partial charge in [-0.25, -0.2) is 0 Å². The van der Waals surface area contributed by atoms with Crippen LogP contribution in [0.15, 0.2) is 0 Å². The Morgan fingerprint density at radius 1 is 1.00 bits per heavy atom. The van der Waals surface area contributed by atoms with E-state index in [0.29, 0.717) is 5.92 Å². The Morgan fingerprint density at radius 3 is 2.18 bits per heavy atom. The average molecular weight is 156 g/mol. The van der Waals surface area contributed by atoms with Crippen LogP contribution < -0.4 is 0 Å². The molecule has 64 valence electrons. The van der Waals surface area contributed by atoms with Crippen LogP contribution in [0.5, 0.6) is 0 Å². The summed E-state index contributed by atoms with van der Waals surface area (Å²) in [6.45, 7) is 1.82. The molecule has 1 saturated carbocycles. The normalized spacial score (nSPS) is 40.1. The highest BCUT2D eigenvalue weighted by Gasteiger charge is 2.35. The predicted octanol–water partition coefficient (Wildman–Crippen LogP) is 1.18. The minimum atomic E-state index is 0.0121. The Morgan fingerprint density at radius 2 is 1.73 bits per heavy atom. The number of rotatable bonds is 1. The highest BCUT2D eigenvalue weighted by Crippen LogP contribution is 2.38. The van der Waals surface area contributed by atoms with Crippen LogP contribution in [-0.4, -0.2) is 24.4 Å². The van der Waals surface area contributed by atoms with Crippen molar-refractivity contribution in [3.63, 3.8) is 0 Å². The molecule has 0 spiro atoms. The Kier molecular flexibility index (Phi) is 2.14. The van der Waals surface area contributed by atoms with Crippen molar-refractivity contribution in [1.82, 2.24) is 0 Å². The van der Waals surface area contributed by atoms with Gasteiger partial charge in [0.15, 0.2) is 0 Å². The van der Waals surface area contributed by atoms with Crippen LogP contribution in [-0.2, 0) is 4.74 Å². The van der Waals surface area contributed by atoms with E-state index in [1.165, 1.54) is 19.3 Å². The summed E-state index contributed by atoms with van der Waals surface area (Å²) in [5.74, 6) is 1.37. The zero-order chi connectivity index (χ0) is 7.68. The third kappa shape index (κ3) is 1.42. The van der Waals surface area contributed by atoms with Crippen molar-refractivity contribution in [1.29, 1.82) is 0 Å². The standard InChI is InChI=1S/C9H16O2/c10-9-2-1-8(9)7-3-5-11-6-4-7/h7-10H,1-6H2. The number of hydrogen-bond donors (Lipinski definition) is 1. The zero-order valence-electron chi connectivity index (χ0n) is 6.83. The summed E-state index contributed by atoms with van der Waals surface area (Å²) in [4.78, 5) is 0. The molecule has 0 aromatic rings. The first-order chi connectivity index (χ1) is 5.38. The lowest BCUT2D eigenvalue weighted by molar-refractivity contribution is -0.0462. The van der Waals surface area contributed by atoms with Gasteiger partial charge in [-0.1, -0.05) is 0 Å². The Hall–Kier alpha value is -0.0800. The van der Waals surface area contributed by atoms with E-state index in [-0.39, 0.29) is 6.10 Å². The molecule has 0 radical (unpaired) electrons. The van der Waals surface area contributed by atoms with E-state index < -0.39 is 0 Å². The number of aliphatic hydroxyl groups is 1. The number of ether oxygens (including phenoxy) is 1. The third-order valence-corrected chi connectivity index (χ3v) is 3.16. The third-order valence-electron chi connectivity index (χ3n) is 3.16. The highest BCUT2D eigenvalue weighted by atomic mass is 16.5. The van der Waals surface area contributed by atoms with Gasteiger partial charge in [-0.05, 0) is 37.5 Å². The first kappa shape index (κ1) is 7.56. The monoisotopic (exact) mass is 156 g/mol. The minimum Gasteiger partial charge on any atom is -0.393 e.